The van der Waals surface area contributed by atoms with E-state index in [1.165, 1.54) is 24.3 Å². The molecule has 0 amide bonds. The van der Waals surface area contributed by atoms with Gasteiger partial charge in [0.2, 0.25) is 0 Å². The first-order valence-corrected chi connectivity index (χ1v) is 6.45. The zero-order chi connectivity index (χ0) is 15.2. The maximum Gasteiger partial charge on any atom is 0.276 e. The highest BCUT2D eigenvalue weighted by atomic mass is 19.1. The molecular formula is C15H15FN2O3. The van der Waals surface area contributed by atoms with Gasteiger partial charge in [0, 0.05) is 6.07 Å². The molecule has 0 unspecified atom stereocenters. The molecule has 0 aliphatic heterocycles. The van der Waals surface area contributed by atoms with E-state index in [-0.39, 0.29) is 18.1 Å². The second kappa shape index (κ2) is 6.81. The second-order valence-electron chi connectivity index (χ2n) is 4.47. The average Bonchev–Trinajstić information content (AvgIpc) is 2.47. The lowest BCUT2D eigenvalue weighted by Crippen LogP contribution is -2.06. The van der Waals surface area contributed by atoms with Gasteiger partial charge in [-0.1, -0.05) is 12.1 Å². The maximum atomic E-state index is 13.2. The van der Waals surface area contributed by atoms with E-state index in [1.807, 2.05) is 0 Å². The lowest BCUT2D eigenvalue weighted by molar-refractivity contribution is -0.385. The monoisotopic (exact) mass is 290 g/mol. The van der Waals surface area contributed by atoms with Gasteiger partial charge in [0.15, 0.2) is 0 Å². The van der Waals surface area contributed by atoms with Gasteiger partial charge < -0.3 is 10.5 Å². The first-order valence-electron chi connectivity index (χ1n) is 6.45. The van der Waals surface area contributed by atoms with Crippen LogP contribution in [0.2, 0.25) is 0 Å². The van der Waals surface area contributed by atoms with Crippen molar-refractivity contribution in [3.63, 3.8) is 0 Å². The van der Waals surface area contributed by atoms with E-state index in [2.05, 4.69) is 0 Å². The normalized spacial score (nSPS) is 10.4. The second-order valence-corrected chi connectivity index (χ2v) is 4.47. The first-order chi connectivity index (χ1) is 10.1. The van der Waals surface area contributed by atoms with E-state index in [0.717, 1.165) is 0 Å². The van der Waals surface area contributed by atoms with Crippen molar-refractivity contribution in [2.45, 2.75) is 13.0 Å². The fourth-order valence-corrected chi connectivity index (χ4v) is 2.01. The summed E-state index contributed by atoms with van der Waals surface area (Å²) in [6.45, 7) is 0.408. The van der Waals surface area contributed by atoms with Gasteiger partial charge in [0.1, 0.15) is 18.2 Å². The maximum absolute atomic E-state index is 13.2. The van der Waals surface area contributed by atoms with Crippen LogP contribution in [0.15, 0.2) is 42.5 Å². The Bertz CT molecular complexity index is 647. The van der Waals surface area contributed by atoms with Crippen molar-refractivity contribution in [1.82, 2.24) is 0 Å². The number of halogens is 1. The Kier molecular flexibility index (Phi) is 4.84. The van der Waals surface area contributed by atoms with Crippen molar-refractivity contribution >= 4 is 5.69 Å². The van der Waals surface area contributed by atoms with Crippen LogP contribution in [-0.2, 0) is 13.0 Å². The summed E-state index contributed by atoms with van der Waals surface area (Å²) in [6.07, 6.45) is 0.476. The predicted molar refractivity (Wildman–Crippen MR) is 76.6 cm³/mol. The molecule has 2 N–H and O–H groups in total. The van der Waals surface area contributed by atoms with Crippen molar-refractivity contribution in [2.75, 3.05) is 6.54 Å². The van der Waals surface area contributed by atoms with Crippen molar-refractivity contribution in [2.24, 2.45) is 5.73 Å². The third-order valence-electron chi connectivity index (χ3n) is 3.01. The van der Waals surface area contributed by atoms with Crippen molar-refractivity contribution in [3.05, 3.63) is 69.5 Å². The number of para-hydroxylation sites is 1. The molecule has 0 saturated heterocycles. The summed E-state index contributed by atoms with van der Waals surface area (Å²) in [5.74, 6) is 0.122. The van der Waals surface area contributed by atoms with Gasteiger partial charge in [-0.3, -0.25) is 10.1 Å². The lowest BCUT2D eigenvalue weighted by atomic mass is 10.1. The van der Waals surface area contributed by atoms with Gasteiger partial charge in [-0.25, -0.2) is 4.39 Å². The fourth-order valence-electron chi connectivity index (χ4n) is 2.01. The average molecular weight is 290 g/mol. The topological polar surface area (TPSA) is 78.4 Å². The highest BCUT2D eigenvalue weighted by Crippen LogP contribution is 2.24. The molecule has 21 heavy (non-hydrogen) atoms. The number of rotatable bonds is 6. The molecule has 0 atom stereocenters. The van der Waals surface area contributed by atoms with Crippen LogP contribution >= 0.6 is 0 Å². The molecule has 0 heterocycles. The molecule has 2 rings (SSSR count). The van der Waals surface area contributed by atoms with Crippen LogP contribution in [0.5, 0.6) is 5.75 Å². The minimum atomic E-state index is -0.454. The third-order valence-corrected chi connectivity index (χ3v) is 3.01. The van der Waals surface area contributed by atoms with Crippen molar-refractivity contribution in [3.8, 4) is 5.75 Å². The molecule has 0 bridgehead atoms. The molecule has 0 fully saturated rings. The Balaban J connectivity index is 2.19. The van der Waals surface area contributed by atoms with E-state index >= 15 is 0 Å². The molecule has 0 spiro atoms. The molecular weight excluding hydrogens is 275 g/mol. The summed E-state index contributed by atoms with van der Waals surface area (Å²) < 4.78 is 18.8. The molecule has 0 aromatic heterocycles. The van der Waals surface area contributed by atoms with Crippen LogP contribution in [-0.4, -0.2) is 11.5 Å². The van der Waals surface area contributed by atoms with E-state index in [1.54, 1.807) is 18.2 Å². The van der Waals surface area contributed by atoms with Gasteiger partial charge in [-0.2, -0.15) is 0 Å². The third kappa shape index (κ3) is 3.76. The lowest BCUT2D eigenvalue weighted by Gasteiger charge is -2.11. The Morgan fingerprint density at radius 3 is 2.67 bits per heavy atom. The summed E-state index contributed by atoms with van der Waals surface area (Å²) >= 11 is 0. The summed E-state index contributed by atoms with van der Waals surface area (Å²) in [6, 6.07) is 10.5. The Morgan fingerprint density at radius 1 is 1.19 bits per heavy atom. The molecule has 0 aliphatic carbocycles. The van der Waals surface area contributed by atoms with Crippen LogP contribution in [0.1, 0.15) is 11.1 Å². The standard InChI is InChI=1S/C15H15FN2O3/c16-13-5-6-15(11(9-13)7-8-17)21-10-12-3-1-2-4-14(12)18(19)20/h1-6,9H,7-8,10,17H2. The van der Waals surface area contributed by atoms with Gasteiger partial charge in [0.25, 0.3) is 5.69 Å². The molecule has 6 heteroatoms. The van der Waals surface area contributed by atoms with Gasteiger partial charge in [-0.05, 0) is 42.8 Å². The van der Waals surface area contributed by atoms with Crippen LogP contribution in [0.25, 0.3) is 0 Å². The molecule has 0 aliphatic rings. The Hall–Kier alpha value is -2.47. The number of nitro groups is 1. The minimum absolute atomic E-state index is 0.0000125. The van der Waals surface area contributed by atoms with Crippen molar-refractivity contribution in [1.29, 1.82) is 0 Å². The largest absolute Gasteiger partial charge is 0.488 e. The quantitative estimate of drug-likeness (QED) is 0.655. The molecule has 5 nitrogen and oxygen atoms in total. The molecule has 2 aromatic rings. The fraction of sp³-hybridized carbons (Fsp3) is 0.200. The Labute approximate surface area is 121 Å². The van der Waals surface area contributed by atoms with E-state index in [9.17, 15) is 14.5 Å². The number of hydrogen-bond donors (Lipinski definition) is 1. The summed E-state index contributed by atoms with van der Waals surface area (Å²) in [7, 11) is 0. The van der Waals surface area contributed by atoms with Crippen LogP contribution in [0.4, 0.5) is 10.1 Å². The Morgan fingerprint density at radius 2 is 1.95 bits per heavy atom. The van der Waals surface area contributed by atoms with Crippen LogP contribution < -0.4 is 10.5 Å². The van der Waals surface area contributed by atoms with Crippen LogP contribution in [0.3, 0.4) is 0 Å². The minimum Gasteiger partial charge on any atom is -0.488 e. The number of hydrogen-bond acceptors (Lipinski definition) is 4. The SMILES string of the molecule is NCCc1cc(F)ccc1OCc1ccccc1[N+](=O)[O-]. The smallest absolute Gasteiger partial charge is 0.276 e. The molecule has 0 radical (unpaired) electrons. The first kappa shape index (κ1) is 14.9. The highest BCUT2D eigenvalue weighted by molar-refractivity contribution is 5.40. The summed E-state index contributed by atoms with van der Waals surface area (Å²) in [5.41, 5.74) is 6.60. The number of ether oxygens (including phenoxy) is 1. The number of nitro benzene ring substituents is 1. The summed E-state index contributed by atoms with van der Waals surface area (Å²) in [4.78, 5) is 10.5. The zero-order valence-electron chi connectivity index (χ0n) is 11.3. The van der Waals surface area contributed by atoms with Gasteiger partial charge in [0.05, 0.1) is 10.5 Å². The number of nitrogens with two attached hydrogens (primary N) is 1. The van der Waals surface area contributed by atoms with Crippen LogP contribution in [0, 0.1) is 15.9 Å². The van der Waals surface area contributed by atoms with E-state index in [4.69, 9.17) is 10.5 Å². The van der Waals surface area contributed by atoms with Crippen molar-refractivity contribution < 1.29 is 14.1 Å². The molecule has 110 valence electrons. The predicted octanol–water partition coefficient (Wildman–Crippen LogP) is 2.81. The van der Waals surface area contributed by atoms with Gasteiger partial charge in [-0.15, -0.1) is 0 Å². The van der Waals surface area contributed by atoms with Gasteiger partial charge >= 0.3 is 0 Å². The van der Waals surface area contributed by atoms with E-state index < -0.39 is 4.92 Å². The summed E-state index contributed by atoms with van der Waals surface area (Å²) in [5, 5.41) is 10.9. The van der Waals surface area contributed by atoms with E-state index in [0.29, 0.717) is 29.8 Å². The molecule has 0 saturated carbocycles. The highest BCUT2D eigenvalue weighted by Gasteiger charge is 2.13. The number of nitrogens with zero attached hydrogens (tertiary/aromatic N) is 1. The number of benzene rings is 2. The molecule has 2 aromatic carbocycles. The zero-order valence-corrected chi connectivity index (χ0v) is 11.3.